The molecule has 86 valence electrons. The summed E-state index contributed by atoms with van der Waals surface area (Å²) in [5.74, 6) is 3.47. The molecule has 0 aliphatic carbocycles. The lowest BCUT2D eigenvalue weighted by Gasteiger charge is -2.04. The molecule has 0 amide bonds. The number of hydrogen-bond donors (Lipinski definition) is 1. The topological polar surface area (TPSA) is 51.0 Å². The van der Waals surface area contributed by atoms with E-state index < -0.39 is 0 Å². The summed E-state index contributed by atoms with van der Waals surface area (Å²) >= 11 is 1.80. The molecule has 0 spiro atoms. The molecular weight excluding hydrogens is 210 g/mol. The summed E-state index contributed by atoms with van der Waals surface area (Å²) in [4.78, 5) is 4.31. The minimum Gasteiger partial charge on any atom is -0.339 e. The van der Waals surface area contributed by atoms with Crippen LogP contribution in [0.1, 0.15) is 32.5 Å². The van der Waals surface area contributed by atoms with Crippen LogP contribution in [0.15, 0.2) is 4.52 Å². The van der Waals surface area contributed by atoms with Crippen molar-refractivity contribution in [3.63, 3.8) is 0 Å². The van der Waals surface area contributed by atoms with Crippen LogP contribution < -0.4 is 5.32 Å². The van der Waals surface area contributed by atoms with Crippen LogP contribution >= 0.6 is 11.8 Å². The zero-order chi connectivity index (χ0) is 11.1. The largest absolute Gasteiger partial charge is 0.339 e. The van der Waals surface area contributed by atoms with Crippen molar-refractivity contribution in [3.8, 4) is 0 Å². The molecule has 1 N–H and O–H groups in total. The van der Waals surface area contributed by atoms with Gasteiger partial charge in [-0.15, -0.1) is 0 Å². The van der Waals surface area contributed by atoms with E-state index >= 15 is 0 Å². The molecule has 1 heterocycles. The smallest absolute Gasteiger partial charge is 0.227 e. The first-order valence-electron chi connectivity index (χ1n) is 5.35. The van der Waals surface area contributed by atoms with Gasteiger partial charge in [-0.25, -0.2) is 0 Å². The second-order valence-corrected chi connectivity index (χ2v) is 4.87. The van der Waals surface area contributed by atoms with E-state index in [1.54, 1.807) is 11.8 Å². The summed E-state index contributed by atoms with van der Waals surface area (Å²) in [6.45, 7) is 7.26. The number of thioether (sulfide) groups is 1. The molecule has 1 aromatic rings. The van der Waals surface area contributed by atoms with Gasteiger partial charge in [0.1, 0.15) is 0 Å². The Kier molecular flexibility index (Phi) is 5.71. The lowest BCUT2D eigenvalue weighted by Crippen LogP contribution is -2.25. The van der Waals surface area contributed by atoms with Crippen molar-refractivity contribution >= 4 is 11.8 Å². The summed E-state index contributed by atoms with van der Waals surface area (Å²) in [6.07, 6.45) is 0.808. The molecule has 0 saturated carbocycles. The quantitative estimate of drug-likeness (QED) is 0.773. The van der Waals surface area contributed by atoms with Gasteiger partial charge in [0.25, 0.3) is 0 Å². The molecule has 0 saturated heterocycles. The van der Waals surface area contributed by atoms with Crippen LogP contribution in [0.5, 0.6) is 0 Å². The highest BCUT2D eigenvalue weighted by Crippen LogP contribution is 2.08. The summed E-state index contributed by atoms with van der Waals surface area (Å²) < 4.78 is 5.13. The zero-order valence-corrected chi connectivity index (χ0v) is 10.4. The van der Waals surface area contributed by atoms with E-state index in [-0.39, 0.29) is 0 Å². The molecule has 0 unspecified atom stereocenters. The number of nitrogens with one attached hydrogen (secondary N) is 1. The van der Waals surface area contributed by atoms with Crippen LogP contribution in [0.3, 0.4) is 0 Å². The van der Waals surface area contributed by atoms with Crippen LogP contribution in [0.25, 0.3) is 0 Å². The van der Waals surface area contributed by atoms with Crippen LogP contribution in [0, 0.1) is 0 Å². The Labute approximate surface area is 95.2 Å². The van der Waals surface area contributed by atoms with Gasteiger partial charge in [-0.05, 0) is 5.75 Å². The average Bonchev–Trinajstić information content (AvgIpc) is 2.62. The van der Waals surface area contributed by atoms with Gasteiger partial charge < -0.3 is 9.84 Å². The van der Waals surface area contributed by atoms with Gasteiger partial charge in [0.15, 0.2) is 5.82 Å². The number of nitrogens with zero attached hydrogens (tertiary/aromatic N) is 2. The lowest BCUT2D eigenvalue weighted by atomic mass is 10.3. The monoisotopic (exact) mass is 229 g/mol. The molecule has 0 aromatic carbocycles. The second-order valence-electron chi connectivity index (χ2n) is 3.60. The molecule has 0 radical (unpaired) electrons. The fourth-order valence-electron chi connectivity index (χ4n) is 1.11. The molecule has 1 aromatic heterocycles. The van der Waals surface area contributed by atoms with Crippen LogP contribution in [-0.2, 0) is 12.2 Å². The normalized spacial score (nSPS) is 11.2. The molecule has 15 heavy (non-hydrogen) atoms. The summed E-state index contributed by atoms with van der Waals surface area (Å²) in [5.41, 5.74) is 0. The molecule has 5 heteroatoms. The Morgan fingerprint density at radius 1 is 1.47 bits per heavy atom. The first-order chi connectivity index (χ1) is 7.22. The molecule has 1 rings (SSSR count). The lowest BCUT2D eigenvalue weighted by molar-refractivity contribution is 0.370. The van der Waals surface area contributed by atoms with Crippen molar-refractivity contribution in [3.05, 3.63) is 11.7 Å². The van der Waals surface area contributed by atoms with Crippen molar-refractivity contribution in [2.24, 2.45) is 0 Å². The Balaban J connectivity index is 2.26. The average molecular weight is 229 g/mol. The van der Waals surface area contributed by atoms with Crippen molar-refractivity contribution in [1.29, 1.82) is 0 Å². The Morgan fingerprint density at radius 3 is 2.93 bits per heavy atom. The second kappa shape index (κ2) is 6.85. The predicted octanol–water partition coefficient (Wildman–Crippen LogP) is 1.86. The molecular formula is C10H19N3OS. The third-order valence-corrected chi connectivity index (χ3v) is 2.71. The first-order valence-corrected chi connectivity index (χ1v) is 6.50. The van der Waals surface area contributed by atoms with Gasteiger partial charge in [-0.1, -0.05) is 25.9 Å². The first kappa shape index (κ1) is 12.5. The van der Waals surface area contributed by atoms with Gasteiger partial charge in [-0.2, -0.15) is 16.7 Å². The molecule has 0 aliphatic heterocycles. The van der Waals surface area contributed by atoms with Gasteiger partial charge >= 0.3 is 0 Å². The maximum atomic E-state index is 5.13. The van der Waals surface area contributed by atoms with Crippen molar-refractivity contribution in [2.75, 3.05) is 12.3 Å². The summed E-state index contributed by atoms with van der Waals surface area (Å²) in [5, 5.41) is 7.23. The van der Waals surface area contributed by atoms with Crippen LogP contribution in [0.2, 0.25) is 0 Å². The fraction of sp³-hybridized carbons (Fsp3) is 0.800. The Hall–Kier alpha value is -0.550. The minimum atomic E-state index is 0.503. The Bertz CT molecular complexity index is 275. The van der Waals surface area contributed by atoms with E-state index in [9.17, 15) is 0 Å². The number of aromatic nitrogens is 2. The maximum Gasteiger partial charge on any atom is 0.227 e. The molecule has 0 bridgehead atoms. The highest BCUT2D eigenvalue weighted by atomic mass is 32.2. The highest BCUT2D eigenvalue weighted by Gasteiger charge is 2.05. The van der Waals surface area contributed by atoms with E-state index in [2.05, 4.69) is 36.2 Å². The van der Waals surface area contributed by atoms with Crippen molar-refractivity contribution in [2.45, 2.75) is 39.0 Å². The van der Waals surface area contributed by atoms with Gasteiger partial charge in [0, 0.05) is 19.0 Å². The molecule has 0 fully saturated rings. The maximum absolute atomic E-state index is 5.13. The van der Waals surface area contributed by atoms with Crippen molar-refractivity contribution in [1.82, 2.24) is 15.5 Å². The van der Waals surface area contributed by atoms with E-state index in [0.29, 0.717) is 6.04 Å². The summed E-state index contributed by atoms with van der Waals surface area (Å²) in [6, 6.07) is 0.503. The molecule has 0 atom stereocenters. The van der Waals surface area contributed by atoms with Gasteiger partial charge in [-0.3, -0.25) is 0 Å². The standard InChI is InChI=1S/C10H19N3OS/c1-4-15-7-9-12-10(14-13-9)5-6-11-8(2)3/h8,11H,4-7H2,1-3H3. The third kappa shape index (κ3) is 5.18. The Morgan fingerprint density at radius 2 is 2.27 bits per heavy atom. The number of rotatable bonds is 7. The predicted molar refractivity (Wildman–Crippen MR) is 63.0 cm³/mol. The van der Waals surface area contributed by atoms with E-state index in [1.807, 2.05) is 0 Å². The third-order valence-electron chi connectivity index (χ3n) is 1.84. The minimum absolute atomic E-state index is 0.503. The fourth-order valence-corrected chi connectivity index (χ4v) is 1.62. The van der Waals surface area contributed by atoms with Gasteiger partial charge in [0.2, 0.25) is 5.89 Å². The van der Waals surface area contributed by atoms with Crippen LogP contribution in [-0.4, -0.2) is 28.5 Å². The highest BCUT2D eigenvalue weighted by molar-refractivity contribution is 7.98. The SMILES string of the molecule is CCSCc1noc(CCNC(C)C)n1. The zero-order valence-electron chi connectivity index (χ0n) is 9.62. The van der Waals surface area contributed by atoms with E-state index in [4.69, 9.17) is 4.52 Å². The molecule has 4 nitrogen and oxygen atoms in total. The van der Waals surface area contributed by atoms with Crippen molar-refractivity contribution < 1.29 is 4.52 Å². The van der Waals surface area contributed by atoms with E-state index in [0.717, 1.165) is 36.2 Å². The van der Waals surface area contributed by atoms with E-state index in [1.165, 1.54) is 0 Å². The van der Waals surface area contributed by atoms with Crippen LogP contribution in [0.4, 0.5) is 0 Å². The summed E-state index contributed by atoms with van der Waals surface area (Å²) in [7, 11) is 0. The molecule has 0 aliphatic rings. The number of hydrogen-bond acceptors (Lipinski definition) is 5. The van der Waals surface area contributed by atoms with Gasteiger partial charge in [0.05, 0.1) is 5.75 Å².